The Hall–Kier alpha value is -0.950. The highest BCUT2D eigenvalue weighted by molar-refractivity contribution is 6.17. The SMILES string of the molecule is CC(=CCCCl)Cc1cccc(O)c1. The van der Waals surface area contributed by atoms with E-state index in [4.69, 9.17) is 11.6 Å². The van der Waals surface area contributed by atoms with Crippen molar-refractivity contribution in [3.63, 3.8) is 0 Å². The van der Waals surface area contributed by atoms with E-state index < -0.39 is 0 Å². The van der Waals surface area contributed by atoms with Gasteiger partial charge in [0.2, 0.25) is 0 Å². The van der Waals surface area contributed by atoms with Crippen molar-refractivity contribution in [3.05, 3.63) is 41.5 Å². The molecule has 0 unspecified atom stereocenters. The fourth-order valence-corrected chi connectivity index (χ4v) is 1.47. The fourth-order valence-electron chi connectivity index (χ4n) is 1.36. The van der Waals surface area contributed by atoms with Gasteiger partial charge >= 0.3 is 0 Å². The lowest BCUT2D eigenvalue weighted by Gasteiger charge is -2.02. The van der Waals surface area contributed by atoms with Crippen molar-refractivity contribution < 1.29 is 5.11 Å². The Bertz CT molecular complexity index is 318. The van der Waals surface area contributed by atoms with E-state index in [2.05, 4.69) is 13.0 Å². The third-order valence-corrected chi connectivity index (χ3v) is 2.21. The third kappa shape index (κ3) is 3.84. The Balaban J connectivity index is 2.60. The van der Waals surface area contributed by atoms with Gasteiger partial charge in [-0.2, -0.15) is 0 Å². The number of phenolic OH excluding ortho intramolecular Hbond substituents is 1. The molecule has 1 N–H and O–H groups in total. The van der Waals surface area contributed by atoms with E-state index in [9.17, 15) is 5.11 Å². The van der Waals surface area contributed by atoms with Crippen LogP contribution in [0.2, 0.25) is 0 Å². The lowest BCUT2D eigenvalue weighted by atomic mass is 10.1. The number of hydrogen-bond acceptors (Lipinski definition) is 1. The molecule has 1 aromatic carbocycles. The monoisotopic (exact) mass is 210 g/mol. The van der Waals surface area contributed by atoms with Crippen molar-refractivity contribution in [1.82, 2.24) is 0 Å². The summed E-state index contributed by atoms with van der Waals surface area (Å²) in [4.78, 5) is 0. The van der Waals surface area contributed by atoms with Gasteiger partial charge in [-0.1, -0.05) is 23.8 Å². The van der Waals surface area contributed by atoms with Crippen molar-refractivity contribution in [2.75, 3.05) is 5.88 Å². The second kappa shape index (κ2) is 5.71. The van der Waals surface area contributed by atoms with Crippen LogP contribution in [0.1, 0.15) is 18.9 Å². The van der Waals surface area contributed by atoms with Crippen LogP contribution in [0.4, 0.5) is 0 Å². The van der Waals surface area contributed by atoms with Crippen molar-refractivity contribution >= 4 is 11.6 Å². The molecule has 0 fully saturated rings. The lowest BCUT2D eigenvalue weighted by molar-refractivity contribution is 0.474. The molecular formula is C12H15ClO. The molecule has 1 aromatic rings. The van der Waals surface area contributed by atoms with E-state index in [1.807, 2.05) is 12.1 Å². The highest BCUT2D eigenvalue weighted by Gasteiger charge is 1.95. The summed E-state index contributed by atoms with van der Waals surface area (Å²) in [6, 6.07) is 7.34. The molecule has 14 heavy (non-hydrogen) atoms. The Morgan fingerprint density at radius 2 is 2.29 bits per heavy atom. The minimum atomic E-state index is 0.327. The molecule has 0 atom stereocenters. The second-order valence-corrected chi connectivity index (χ2v) is 3.75. The fraction of sp³-hybridized carbons (Fsp3) is 0.333. The normalized spacial score (nSPS) is 11.7. The Morgan fingerprint density at radius 3 is 2.93 bits per heavy atom. The molecule has 0 radical (unpaired) electrons. The van der Waals surface area contributed by atoms with E-state index in [0.29, 0.717) is 11.6 Å². The van der Waals surface area contributed by atoms with Gasteiger partial charge in [-0.3, -0.25) is 0 Å². The molecule has 0 spiro atoms. The molecule has 0 aliphatic heterocycles. The molecule has 0 bridgehead atoms. The molecule has 0 heterocycles. The van der Waals surface area contributed by atoms with Gasteiger partial charge in [0.05, 0.1) is 0 Å². The summed E-state index contributed by atoms with van der Waals surface area (Å²) in [7, 11) is 0. The quantitative estimate of drug-likeness (QED) is 0.596. The standard InChI is InChI=1S/C12H15ClO/c1-10(4-3-7-13)8-11-5-2-6-12(14)9-11/h2,4-6,9,14H,3,7-8H2,1H3. The predicted molar refractivity (Wildman–Crippen MR) is 60.9 cm³/mol. The van der Waals surface area contributed by atoms with E-state index in [1.54, 1.807) is 12.1 Å². The van der Waals surface area contributed by atoms with Gasteiger partial charge in [0.25, 0.3) is 0 Å². The Morgan fingerprint density at radius 1 is 1.50 bits per heavy atom. The van der Waals surface area contributed by atoms with Crippen molar-refractivity contribution in [1.29, 1.82) is 0 Å². The van der Waals surface area contributed by atoms with E-state index in [-0.39, 0.29) is 0 Å². The van der Waals surface area contributed by atoms with Crippen LogP contribution in [0, 0.1) is 0 Å². The molecule has 0 amide bonds. The molecule has 2 heteroatoms. The van der Waals surface area contributed by atoms with Crippen LogP contribution < -0.4 is 0 Å². The van der Waals surface area contributed by atoms with Crippen LogP contribution >= 0.6 is 11.6 Å². The van der Waals surface area contributed by atoms with Gasteiger partial charge in [-0.05, 0) is 37.5 Å². The van der Waals surface area contributed by atoms with Gasteiger partial charge in [-0.25, -0.2) is 0 Å². The molecule has 0 aliphatic rings. The first kappa shape index (κ1) is 11.1. The molecule has 0 saturated heterocycles. The van der Waals surface area contributed by atoms with Crippen LogP contribution in [-0.2, 0) is 6.42 Å². The molecule has 0 saturated carbocycles. The number of rotatable bonds is 4. The first-order chi connectivity index (χ1) is 6.72. The Kier molecular flexibility index (Phi) is 4.54. The minimum absolute atomic E-state index is 0.327. The van der Waals surface area contributed by atoms with Gasteiger partial charge < -0.3 is 5.11 Å². The number of aromatic hydroxyl groups is 1. The lowest BCUT2D eigenvalue weighted by Crippen LogP contribution is -1.86. The van der Waals surface area contributed by atoms with Gasteiger partial charge in [-0.15, -0.1) is 11.6 Å². The van der Waals surface area contributed by atoms with Crippen LogP contribution in [-0.4, -0.2) is 11.0 Å². The highest BCUT2D eigenvalue weighted by atomic mass is 35.5. The summed E-state index contributed by atoms with van der Waals surface area (Å²) in [5.74, 6) is 0.991. The van der Waals surface area contributed by atoms with Gasteiger partial charge in [0.1, 0.15) is 5.75 Å². The van der Waals surface area contributed by atoms with Gasteiger partial charge in [0, 0.05) is 5.88 Å². The second-order valence-electron chi connectivity index (χ2n) is 3.37. The summed E-state index contributed by atoms with van der Waals surface area (Å²) in [6.07, 6.45) is 3.93. The zero-order chi connectivity index (χ0) is 10.4. The minimum Gasteiger partial charge on any atom is -0.508 e. The van der Waals surface area contributed by atoms with Crippen LogP contribution in [0.25, 0.3) is 0 Å². The third-order valence-electron chi connectivity index (χ3n) is 2.00. The number of halogens is 1. The zero-order valence-electron chi connectivity index (χ0n) is 8.33. The van der Waals surface area contributed by atoms with Crippen molar-refractivity contribution in [2.45, 2.75) is 19.8 Å². The maximum atomic E-state index is 9.26. The van der Waals surface area contributed by atoms with E-state index in [1.165, 1.54) is 5.57 Å². The van der Waals surface area contributed by atoms with Crippen LogP contribution in [0.3, 0.4) is 0 Å². The maximum absolute atomic E-state index is 9.26. The number of phenols is 1. The Labute approximate surface area is 90.0 Å². The maximum Gasteiger partial charge on any atom is 0.115 e. The first-order valence-electron chi connectivity index (χ1n) is 4.72. The molecular weight excluding hydrogens is 196 g/mol. The van der Waals surface area contributed by atoms with E-state index >= 15 is 0 Å². The summed E-state index contributed by atoms with van der Waals surface area (Å²) in [5, 5.41) is 9.26. The smallest absolute Gasteiger partial charge is 0.115 e. The first-order valence-corrected chi connectivity index (χ1v) is 5.25. The van der Waals surface area contributed by atoms with E-state index in [0.717, 1.165) is 18.4 Å². The number of alkyl halides is 1. The molecule has 1 rings (SSSR count). The molecule has 76 valence electrons. The largest absolute Gasteiger partial charge is 0.508 e. The van der Waals surface area contributed by atoms with Gasteiger partial charge in [0.15, 0.2) is 0 Å². The summed E-state index contributed by atoms with van der Waals surface area (Å²) >= 11 is 5.59. The van der Waals surface area contributed by atoms with Crippen LogP contribution in [0.5, 0.6) is 5.75 Å². The van der Waals surface area contributed by atoms with Crippen molar-refractivity contribution in [2.24, 2.45) is 0 Å². The topological polar surface area (TPSA) is 20.2 Å². The highest BCUT2D eigenvalue weighted by Crippen LogP contribution is 2.14. The predicted octanol–water partition coefficient (Wildman–Crippen LogP) is 3.51. The number of benzene rings is 1. The molecule has 0 aliphatic carbocycles. The summed E-state index contributed by atoms with van der Waals surface area (Å²) in [5.41, 5.74) is 2.42. The average molecular weight is 211 g/mol. The number of hydrogen-bond donors (Lipinski definition) is 1. The average Bonchev–Trinajstić information content (AvgIpc) is 2.15. The molecule has 1 nitrogen and oxygen atoms in total. The zero-order valence-corrected chi connectivity index (χ0v) is 9.09. The van der Waals surface area contributed by atoms with Crippen LogP contribution in [0.15, 0.2) is 35.9 Å². The van der Waals surface area contributed by atoms with Crippen molar-refractivity contribution in [3.8, 4) is 5.75 Å². The molecule has 0 aromatic heterocycles. The number of allylic oxidation sites excluding steroid dienone is 2. The summed E-state index contributed by atoms with van der Waals surface area (Å²) < 4.78 is 0. The summed E-state index contributed by atoms with van der Waals surface area (Å²) in [6.45, 7) is 2.08.